The van der Waals surface area contributed by atoms with Crippen LogP contribution in [0.25, 0.3) is 0 Å². The molecule has 0 amide bonds. The molecule has 0 radical (unpaired) electrons. The Balaban J connectivity index is 1.69. The Kier molecular flexibility index (Phi) is 4.15. The van der Waals surface area contributed by atoms with E-state index in [9.17, 15) is 8.42 Å². The third-order valence-corrected chi connectivity index (χ3v) is 6.54. The smallest absolute Gasteiger partial charge is 0.207 e. The van der Waals surface area contributed by atoms with E-state index in [1.165, 1.54) is 0 Å². The molecule has 0 aromatic heterocycles. The Labute approximate surface area is 148 Å². The van der Waals surface area contributed by atoms with E-state index in [2.05, 4.69) is 0 Å². The molecule has 3 atom stereocenters. The van der Waals surface area contributed by atoms with Gasteiger partial charge in [-0.2, -0.15) is 4.31 Å². The second-order valence-electron chi connectivity index (χ2n) is 6.26. The zero-order valence-electron chi connectivity index (χ0n) is 13.7. The summed E-state index contributed by atoms with van der Waals surface area (Å²) < 4.78 is 27.9. The first-order valence-electron chi connectivity index (χ1n) is 8.35. The third-order valence-electron chi connectivity index (χ3n) is 4.62. The second kappa shape index (κ2) is 6.47. The molecule has 1 saturated heterocycles. The molecule has 1 heterocycles. The van der Waals surface area contributed by atoms with Crippen molar-refractivity contribution in [3.05, 3.63) is 102 Å². The largest absolute Gasteiger partial charge is 0.244 e. The molecule has 3 aromatic rings. The maximum Gasteiger partial charge on any atom is 0.244 e. The second-order valence-corrected chi connectivity index (χ2v) is 8.10. The fourth-order valence-corrected chi connectivity index (χ4v) is 5.17. The zero-order chi connectivity index (χ0) is 17.3. The van der Waals surface area contributed by atoms with Crippen LogP contribution in [0.3, 0.4) is 0 Å². The summed E-state index contributed by atoms with van der Waals surface area (Å²) in [6.07, 6.45) is 0.715. The monoisotopic (exact) mass is 349 g/mol. The first-order chi connectivity index (χ1) is 12.2. The van der Waals surface area contributed by atoms with Gasteiger partial charge in [0.05, 0.1) is 17.0 Å². The maximum atomic E-state index is 13.1. The summed E-state index contributed by atoms with van der Waals surface area (Å²) in [5, 5.41) is 0. The minimum atomic E-state index is -3.50. The lowest BCUT2D eigenvalue weighted by molar-refractivity contribution is 0.545. The van der Waals surface area contributed by atoms with Gasteiger partial charge in [-0.1, -0.05) is 78.9 Å². The highest BCUT2D eigenvalue weighted by Crippen LogP contribution is 2.48. The number of sulfonamides is 1. The summed E-state index contributed by atoms with van der Waals surface area (Å²) in [7, 11) is -3.50. The molecule has 0 saturated carbocycles. The molecule has 1 unspecified atom stereocenters. The van der Waals surface area contributed by atoms with E-state index in [1.807, 2.05) is 66.7 Å². The van der Waals surface area contributed by atoms with Crippen molar-refractivity contribution in [1.82, 2.24) is 4.31 Å². The van der Waals surface area contributed by atoms with Gasteiger partial charge in [0.25, 0.3) is 0 Å². The van der Waals surface area contributed by atoms with Gasteiger partial charge in [-0.15, -0.1) is 0 Å². The third kappa shape index (κ3) is 3.11. The Bertz CT molecular complexity index is 941. The van der Waals surface area contributed by atoms with Gasteiger partial charge >= 0.3 is 0 Å². The summed E-state index contributed by atoms with van der Waals surface area (Å²) >= 11 is 0. The van der Waals surface area contributed by atoms with Crippen LogP contribution < -0.4 is 0 Å². The number of benzene rings is 3. The molecule has 25 heavy (non-hydrogen) atoms. The van der Waals surface area contributed by atoms with Crippen LogP contribution in [0.1, 0.15) is 17.2 Å². The highest BCUT2D eigenvalue weighted by Gasteiger charge is 2.55. The molecular weight excluding hydrogens is 330 g/mol. The highest BCUT2D eigenvalue weighted by atomic mass is 32.2. The molecule has 1 aliphatic rings. The standard InChI is InChI=1S/C21H19NO2S/c23-25(24,19-14-8-3-9-15-19)22-20(16-17-10-4-1-5-11-17)21(22)18-12-6-2-7-13-18/h1-15,20-21H,16H2/t20-,21+,22?/m1/s1. The van der Waals surface area contributed by atoms with Crippen LogP contribution in [0.15, 0.2) is 95.9 Å². The Morgan fingerprint density at radius 2 is 1.24 bits per heavy atom. The Hall–Kier alpha value is -2.43. The van der Waals surface area contributed by atoms with E-state index in [0.717, 1.165) is 11.1 Å². The van der Waals surface area contributed by atoms with Gasteiger partial charge < -0.3 is 0 Å². The lowest BCUT2D eigenvalue weighted by Gasteiger charge is -2.07. The fourth-order valence-electron chi connectivity index (χ4n) is 3.38. The molecule has 4 rings (SSSR count). The quantitative estimate of drug-likeness (QED) is 0.652. The van der Waals surface area contributed by atoms with Gasteiger partial charge in [-0.05, 0) is 29.7 Å². The summed E-state index contributed by atoms with van der Waals surface area (Å²) in [4.78, 5) is 0.353. The predicted molar refractivity (Wildman–Crippen MR) is 98.6 cm³/mol. The normalized spacial score (nSPS) is 22.5. The van der Waals surface area contributed by atoms with Crippen molar-refractivity contribution >= 4 is 10.0 Å². The van der Waals surface area contributed by atoms with Crippen molar-refractivity contribution < 1.29 is 8.42 Å². The molecule has 0 spiro atoms. The zero-order valence-corrected chi connectivity index (χ0v) is 14.5. The van der Waals surface area contributed by atoms with Crippen molar-refractivity contribution in [2.24, 2.45) is 0 Å². The molecule has 4 heteroatoms. The lowest BCUT2D eigenvalue weighted by Crippen LogP contribution is -2.15. The molecule has 126 valence electrons. The van der Waals surface area contributed by atoms with Gasteiger partial charge in [0.2, 0.25) is 10.0 Å². The molecular formula is C21H19NO2S. The van der Waals surface area contributed by atoms with Crippen LogP contribution in [0, 0.1) is 0 Å². The summed E-state index contributed by atoms with van der Waals surface area (Å²) in [6, 6.07) is 28.5. The van der Waals surface area contributed by atoms with E-state index < -0.39 is 10.0 Å². The van der Waals surface area contributed by atoms with Crippen LogP contribution in [0.2, 0.25) is 0 Å². The van der Waals surface area contributed by atoms with E-state index >= 15 is 0 Å². The first-order valence-corrected chi connectivity index (χ1v) is 9.79. The minimum Gasteiger partial charge on any atom is -0.207 e. The molecule has 1 aliphatic heterocycles. The van der Waals surface area contributed by atoms with Crippen molar-refractivity contribution in [2.45, 2.75) is 23.4 Å². The number of hydrogen-bond donors (Lipinski definition) is 0. The molecule has 0 N–H and O–H groups in total. The first kappa shape index (κ1) is 16.1. The number of nitrogens with zero attached hydrogens (tertiary/aromatic N) is 1. The van der Waals surface area contributed by atoms with Gasteiger partial charge in [0.15, 0.2) is 0 Å². The summed E-state index contributed by atoms with van der Waals surface area (Å²) in [5.41, 5.74) is 2.20. The predicted octanol–water partition coefficient (Wildman–Crippen LogP) is 4.04. The van der Waals surface area contributed by atoms with Crippen molar-refractivity contribution in [3.63, 3.8) is 0 Å². The Morgan fingerprint density at radius 3 is 1.84 bits per heavy atom. The molecule has 0 bridgehead atoms. The minimum absolute atomic E-state index is 0.0463. The van der Waals surface area contributed by atoms with Gasteiger partial charge in [-0.25, -0.2) is 8.42 Å². The number of rotatable bonds is 5. The van der Waals surface area contributed by atoms with Crippen molar-refractivity contribution in [1.29, 1.82) is 0 Å². The molecule has 1 fully saturated rings. The molecule has 3 nitrogen and oxygen atoms in total. The van der Waals surface area contributed by atoms with E-state index in [-0.39, 0.29) is 12.1 Å². The molecule has 3 aromatic carbocycles. The van der Waals surface area contributed by atoms with Crippen LogP contribution in [-0.2, 0) is 16.4 Å². The topological polar surface area (TPSA) is 37.1 Å². The van der Waals surface area contributed by atoms with Crippen LogP contribution in [-0.4, -0.2) is 18.8 Å². The van der Waals surface area contributed by atoms with Crippen LogP contribution in [0.4, 0.5) is 0 Å². The van der Waals surface area contributed by atoms with Gasteiger partial charge in [0, 0.05) is 0 Å². The van der Waals surface area contributed by atoms with Gasteiger partial charge in [0.1, 0.15) is 0 Å². The van der Waals surface area contributed by atoms with Crippen LogP contribution >= 0.6 is 0 Å². The van der Waals surface area contributed by atoms with Crippen LogP contribution in [0.5, 0.6) is 0 Å². The van der Waals surface area contributed by atoms with E-state index in [0.29, 0.717) is 11.3 Å². The summed E-state index contributed by atoms with van der Waals surface area (Å²) in [5.74, 6) is 0. The SMILES string of the molecule is O=S(=O)(c1ccccc1)N1[C@H](Cc2ccccc2)[C@@H]1c1ccccc1. The molecule has 0 aliphatic carbocycles. The lowest BCUT2D eigenvalue weighted by atomic mass is 10.0. The highest BCUT2D eigenvalue weighted by molar-refractivity contribution is 7.89. The van der Waals surface area contributed by atoms with E-state index in [4.69, 9.17) is 0 Å². The Morgan fingerprint density at radius 1 is 0.720 bits per heavy atom. The average molecular weight is 349 g/mol. The van der Waals surface area contributed by atoms with E-state index in [1.54, 1.807) is 28.6 Å². The fraction of sp³-hybridized carbons (Fsp3) is 0.143. The summed E-state index contributed by atoms with van der Waals surface area (Å²) in [6.45, 7) is 0. The number of hydrogen-bond acceptors (Lipinski definition) is 2. The van der Waals surface area contributed by atoms with Gasteiger partial charge in [-0.3, -0.25) is 0 Å². The average Bonchev–Trinajstić information content (AvgIpc) is 3.39. The maximum absolute atomic E-state index is 13.1. The van der Waals surface area contributed by atoms with Crippen molar-refractivity contribution in [2.75, 3.05) is 0 Å². The van der Waals surface area contributed by atoms with Crippen molar-refractivity contribution in [3.8, 4) is 0 Å².